The van der Waals surface area contributed by atoms with Crippen molar-refractivity contribution in [3.63, 3.8) is 0 Å². The molecule has 1 fully saturated rings. The molecule has 0 aliphatic carbocycles. The van der Waals surface area contributed by atoms with Crippen LogP contribution in [0.2, 0.25) is 0 Å². The van der Waals surface area contributed by atoms with Gasteiger partial charge in [-0.15, -0.1) is 0 Å². The van der Waals surface area contributed by atoms with E-state index in [4.69, 9.17) is 10.5 Å². The van der Waals surface area contributed by atoms with E-state index in [1.54, 1.807) is 18.2 Å². The molecule has 1 saturated heterocycles. The quantitative estimate of drug-likeness (QED) is 0.493. The second-order valence-corrected chi connectivity index (χ2v) is 4.62. The highest BCUT2D eigenvalue weighted by Gasteiger charge is 2.24. The third-order valence-corrected chi connectivity index (χ3v) is 2.88. The highest BCUT2D eigenvalue weighted by molar-refractivity contribution is 6.00. The lowest BCUT2D eigenvalue weighted by Gasteiger charge is -2.24. The smallest absolute Gasteiger partial charge is 0.240 e. The molecule has 1 aliphatic heterocycles. The van der Waals surface area contributed by atoms with Gasteiger partial charge in [0.15, 0.2) is 0 Å². The topological polar surface area (TPSA) is 114 Å². The van der Waals surface area contributed by atoms with Crippen molar-refractivity contribution >= 4 is 29.1 Å². The number of anilines is 2. The predicted octanol–water partition coefficient (Wildman–Crippen LogP) is -0.826. The van der Waals surface area contributed by atoms with Crippen LogP contribution in [0.3, 0.4) is 0 Å². The third kappa shape index (κ3) is 3.93. The summed E-state index contributed by atoms with van der Waals surface area (Å²) in [6.45, 7) is -0.0580. The molecular formula is C13H16N4O4. The Morgan fingerprint density at radius 2 is 2.05 bits per heavy atom. The Morgan fingerprint density at radius 1 is 1.38 bits per heavy atom. The highest BCUT2D eigenvalue weighted by Crippen LogP contribution is 2.26. The monoisotopic (exact) mass is 292 g/mol. The SMILES string of the molecule is COc1ccc(N)cc1NC(=O)CN1CC(=O)NC(=O)C1. The van der Waals surface area contributed by atoms with Gasteiger partial charge in [-0.05, 0) is 18.2 Å². The summed E-state index contributed by atoms with van der Waals surface area (Å²) in [6.07, 6.45) is 0. The molecule has 0 unspecified atom stereocenters. The van der Waals surface area contributed by atoms with Gasteiger partial charge in [-0.25, -0.2) is 0 Å². The van der Waals surface area contributed by atoms with Crippen LogP contribution in [-0.4, -0.2) is 49.4 Å². The molecule has 0 atom stereocenters. The van der Waals surface area contributed by atoms with Crippen molar-refractivity contribution in [3.05, 3.63) is 18.2 Å². The highest BCUT2D eigenvalue weighted by atomic mass is 16.5. The fourth-order valence-electron chi connectivity index (χ4n) is 2.02. The van der Waals surface area contributed by atoms with Crippen molar-refractivity contribution in [2.45, 2.75) is 0 Å². The van der Waals surface area contributed by atoms with Gasteiger partial charge in [-0.3, -0.25) is 24.6 Å². The average molecular weight is 292 g/mol. The minimum absolute atomic E-state index is 0.00717. The molecule has 0 bridgehead atoms. The van der Waals surface area contributed by atoms with Crippen molar-refractivity contribution in [2.24, 2.45) is 0 Å². The lowest BCUT2D eigenvalue weighted by molar-refractivity contribution is -0.136. The number of ether oxygens (including phenoxy) is 1. The molecule has 0 aromatic heterocycles. The van der Waals surface area contributed by atoms with Gasteiger partial charge in [-0.1, -0.05) is 0 Å². The first kappa shape index (κ1) is 14.8. The summed E-state index contributed by atoms with van der Waals surface area (Å²) < 4.78 is 5.12. The van der Waals surface area contributed by atoms with Crippen LogP contribution >= 0.6 is 0 Å². The summed E-state index contributed by atoms with van der Waals surface area (Å²) in [5.74, 6) is -0.715. The zero-order chi connectivity index (χ0) is 15.4. The first-order valence-electron chi connectivity index (χ1n) is 6.26. The van der Waals surface area contributed by atoms with E-state index in [0.29, 0.717) is 17.1 Å². The molecule has 3 amide bonds. The molecule has 4 N–H and O–H groups in total. The third-order valence-electron chi connectivity index (χ3n) is 2.88. The number of nitrogens with one attached hydrogen (secondary N) is 2. The second kappa shape index (κ2) is 6.23. The Hall–Kier alpha value is -2.61. The first-order chi connectivity index (χ1) is 9.97. The van der Waals surface area contributed by atoms with E-state index >= 15 is 0 Å². The molecule has 2 rings (SSSR count). The van der Waals surface area contributed by atoms with Crippen molar-refractivity contribution in [1.29, 1.82) is 0 Å². The largest absolute Gasteiger partial charge is 0.495 e. The van der Waals surface area contributed by atoms with Gasteiger partial charge in [0.05, 0.1) is 32.4 Å². The van der Waals surface area contributed by atoms with Crippen molar-refractivity contribution in [3.8, 4) is 5.75 Å². The molecule has 1 aromatic rings. The number of rotatable bonds is 4. The molecule has 1 heterocycles. The van der Waals surface area contributed by atoms with Crippen molar-refractivity contribution < 1.29 is 19.1 Å². The van der Waals surface area contributed by atoms with Gasteiger partial charge in [0.1, 0.15) is 5.75 Å². The molecule has 8 nitrogen and oxygen atoms in total. The average Bonchev–Trinajstić information content (AvgIpc) is 2.37. The number of methoxy groups -OCH3 is 1. The van der Waals surface area contributed by atoms with Crippen LogP contribution in [0.25, 0.3) is 0 Å². The first-order valence-corrected chi connectivity index (χ1v) is 6.26. The number of hydrogen-bond acceptors (Lipinski definition) is 6. The van der Waals surface area contributed by atoms with Gasteiger partial charge in [0.25, 0.3) is 0 Å². The fourth-order valence-corrected chi connectivity index (χ4v) is 2.02. The van der Waals surface area contributed by atoms with E-state index < -0.39 is 11.8 Å². The summed E-state index contributed by atoms with van der Waals surface area (Å²) in [6, 6.07) is 4.87. The molecule has 21 heavy (non-hydrogen) atoms. The number of nitrogens with zero attached hydrogens (tertiary/aromatic N) is 1. The van der Waals surface area contributed by atoms with E-state index in [1.165, 1.54) is 12.0 Å². The Bertz CT molecular complexity index is 572. The van der Waals surface area contributed by atoms with E-state index in [0.717, 1.165) is 0 Å². The Kier molecular flexibility index (Phi) is 4.39. The molecule has 1 aromatic carbocycles. The fraction of sp³-hybridized carbons (Fsp3) is 0.308. The number of carbonyl (C=O) groups is 3. The number of piperazine rings is 1. The zero-order valence-corrected chi connectivity index (χ0v) is 11.5. The lowest BCUT2D eigenvalue weighted by Crippen LogP contribution is -2.53. The van der Waals surface area contributed by atoms with Gasteiger partial charge >= 0.3 is 0 Å². The van der Waals surface area contributed by atoms with Crippen LogP contribution < -0.4 is 21.1 Å². The molecule has 0 saturated carbocycles. The lowest BCUT2D eigenvalue weighted by atomic mass is 10.2. The summed E-state index contributed by atoms with van der Waals surface area (Å²) >= 11 is 0. The minimum atomic E-state index is -0.416. The normalized spacial score (nSPS) is 15.5. The van der Waals surface area contributed by atoms with Crippen LogP contribution in [-0.2, 0) is 14.4 Å². The zero-order valence-electron chi connectivity index (χ0n) is 11.5. The maximum atomic E-state index is 12.0. The van der Waals surface area contributed by atoms with E-state index in [-0.39, 0.29) is 25.5 Å². The summed E-state index contributed by atoms with van der Waals surface area (Å²) in [5, 5.41) is 4.82. The standard InChI is InChI=1S/C13H16N4O4/c1-21-10-3-2-8(14)4-9(10)15-11(18)5-17-6-12(19)16-13(20)7-17/h2-4H,5-7,14H2,1H3,(H,15,18)(H,16,19,20). The summed E-state index contributed by atoms with van der Waals surface area (Å²) in [4.78, 5) is 35.9. The Morgan fingerprint density at radius 3 is 2.67 bits per heavy atom. The van der Waals surface area contributed by atoms with Crippen LogP contribution in [0.5, 0.6) is 5.75 Å². The van der Waals surface area contributed by atoms with Crippen LogP contribution in [0, 0.1) is 0 Å². The van der Waals surface area contributed by atoms with Gasteiger partial charge in [-0.2, -0.15) is 0 Å². The van der Waals surface area contributed by atoms with Crippen LogP contribution in [0.15, 0.2) is 18.2 Å². The predicted molar refractivity (Wildman–Crippen MR) is 75.6 cm³/mol. The van der Waals surface area contributed by atoms with E-state index in [1.807, 2.05) is 0 Å². The molecule has 1 aliphatic rings. The number of hydrogen-bond donors (Lipinski definition) is 3. The van der Waals surface area contributed by atoms with Crippen LogP contribution in [0.4, 0.5) is 11.4 Å². The van der Waals surface area contributed by atoms with Gasteiger partial charge in [0, 0.05) is 5.69 Å². The number of benzene rings is 1. The summed E-state index contributed by atoms with van der Waals surface area (Å²) in [7, 11) is 1.48. The number of amides is 3. The molecule has 0 spiro atoms. The van der Waals surface area contributed by atoms with Crippen molar-refractivity contribution in [1.82, 2.24) is 10.2 Å². The molecular weight excluding hydrogens is 276 g/mol. The molecule has 8 heteroatoms. The molecule has 0 radical (unpaired) electrons. The second-order valence-electron chi connectivity index (χ2n) is 4.62. The van der Waals surface area contributed by atoms with E-state index in [9.17, 15) is 14.4 Å². The molecule has 112 valence electrons. The van der Waals surface area contributed by atoms with Crippen LogP contribution in [0.1, 0.15) is 0 Å². The maximum Gasteiger partial charge on any atom is 0.240 e. The number of imide groups is 1. The number of carbonyl (C=O) groups excluding carboxylic acids is 3. The maximum absolute atomic E-state index is 12.0. The van der Waals surface area contributed by atoms with Crippen molar-refractivity contribution in [2.75, 3.05) is 37.8 Å². The van der Waals surface area contributed by atoms with Gasteiger partial charge in [0.2, 0.25) is 17.7 Å². The van der Waals surface area contributed by atoms with Gasteiger partial charge < -0.3 is 15.8 Å². The summed E-state index contributed by atoms with van der Waals surface area (Å²) in [5.41, 5.74) is 6.59. The number of nitrogen functional groups attached to an aromatic ring is 1. The Labute approximate surface area is 121 Å². The number of nitrogens with two attached hydrogens (primary N) is 1. The minimum Gasteiger partial charge on any atom is -0.495 e. The Balaban J connectivity index is 2.00. The van der Waals surface area contributed by atoms with E-state index in [2.05, 4.69) is 10.6 Å².